The fourth-order valence-electron chi connectivity index (χ4n) is 3.81. The molecule has 7 nitrogen and oxygen atoms in total. The molecular formula is C26H38N2O5. The van der Waals surface area contributed by atoms with Crippen molar-refractivity contribution in [2.24, 2.45) is 17.3 Å². The summed E-state index contributed by atoms with van der Waals surface area (Å²) in [5.74, 6) is -2.42. The van der Waals surface area contributed by atoms with Gasteiger partial charge in [0.15, 0.2) is 5.78 Å². The molecule has 7 heteroatoms. The molecule has 0 saturated heterocycles. The van der Waals surface area contributed by atoms with Crippen molar-refractivity contribution in [3.05, 3.63) is 35.4 Å². The number of Topliss-reactive ketones (excluding diaryl/α,β-unsaturated/α-hetero) is 2. The summed E-state index contributed by atoms with van der Waals surface area (Å²) in [6.07, 6.45) is 1.80. The van der Waals surface area contributed by atoms with Gasteiger partial charge in [0.25, 0.3) is 5.91 Å². The number of aryl methyl sites for hydroxylation is 2. The van der Waals surface area contributed by atoms with Crippen molar-refractivity contribution in [1.29, 1.82) is 0 Å². The first-order valence-corrected chi connectivity index (χ1v) is 11.8. The SMILES string of the molecule is CC(C)C(NC(=O)OCC(C)(C)C)C(=O)CC1CCc2cccc(c2)CCCNC(=O)C1=O. The van der Waals surface area contributed by atoms with Crippen molar-refractivity contribution < 1.29 is 23.9 Å². The molecule has 0 fully saturated rings. The van der Waals surface area contributed by atoms with E-state index in [9.17, 15) is 19.2 Å². The molecule has 2 amide bonds. The van der Waals surface area contributed by atoms with Crippen LogP contribution in [0.3, 0.4) is 0 Å². The first kappa shape index (κ1) is 26.6. The molecule has 0 aromatic heterocycles. The maximum absolute atomic E-state index is 13.1. The number of ether oxygens (including phenoxy) is 1. The lowest BCUT2D eigenvalue weighted by atomic mass is 9.86. The Hall–Kier alpha value is -2.70. The van der Waals surface area contributed by atoms with Crippen molar-refractivity contribution in [3.63, 3.8) is 0 Å². The van der Waals surface area contributed by atoms with Crippen LogP contribution in [-0.4, -0.2) is 42.8 Å². The molecule has 2 atom stereocenters. The first-order valence-electron chi connectivity index (χ1n) is 11.8. The molecule has 2 unspecified atom stereocenters. The van der Waals surface area contributed by atoms with Crippen LogP contribution in [0.15, 0.2) is 24.3 Å². The third kappa shape index (κ3) is 8.98. The Kier molecular flexibility index (Phi) is 9.62. The van der Waals surface area contributed by atoms with Crippen LogP contribution in [-0.2, 0) is 32.0 Å². The van der Waals surface area contributed by atoms with E-state index in [1.165, 1.54) is 5.56 Å². The highest BCUT2D eigenvalue weighted by Gasteiger charge is 2.32. The first-order chi connectivity index (χ1) is 15.5. The van der Waals surface area contributed by atoms with Crippen molar-refractivity contribution in [2.45, 2.75) is 72.8 Å². The molecule has 1 aromatic rings. The van der Waals surface area contributed by atoms with Gasteiger partial charge in [0, 0.05) is 18.9 Å². The zero-order valence-electron chi connectivity index (χ0n) is 20.5. The van der Waals surface area contributed by atoms with E-state index in [0.29, 0.717) is 19.4 Å². The molecule has 2 bridgehead atoms. The standard InChI is InChI=1S/C26H38N2O5/c1-17(2)22(28-25(32)33-16-26(3,4)5)21(29)15-20-12-11-19-9-6-8-18(14-19)10-7-13-27-24(31)23(20)30/h6,8-9,14,17,20,22H,7,10-13,15-16H2,1-5H3,(H,27,31)(H,28,32). The Morgan fingerprint density at radius 3 is 2.45 bits per heavy atom. The summed E-state index contributed by atoms with van der Waals surface area (Å²) in [5.41, 5.74) is 2.08. The maximum atomic E-state index is 13.1. The minimum Gasteiger partial charge on any atom is -0.449 e. The van der Waals surface area contributed by atoms with Crippen LogP contribution >= 0.6 is 0 Å². The third-order valence-corrected chi connectivity index (χ3v) is 5.67. The average molecular weight is 459 g/mol. The molecule has 182 valence electrons. The van der Waals surface area contributed by atoms with E-state index in [0.717, 1.165) is 18.4 Å². The van der Waals surface area contributed by atoms with Crippen LogP contribution in [0.5, 0.6) is 0 Å². The van der Waals surface area contributed by atoms with Gasteiger partial charge in [0.05, 0.1) is 12.6 Å². The lowest BCUT2D eigenvalue weighted by Gasteiger charge is -2.25. The minimum atomic E-state index is -0.793. The number of benzene rings is 1. The van der Waals surface area contributed by atoms with Crippen LogP contribution in [0.1, 0.15) is 65.0 Å². The molecule has 2 rings (SSSR count). The Balaban J connectivity index is 2.12. The number of hydrogen-bond donors (Lipinski definition) is 2. The zero-order chi connectivity index (χ0) is 24.6. The monoisotopic (exact) mass is 458 g/mol. The van der Waals surface area contributed by atoms with Crippen molar-refractivity contribution in [3.8, 4) is 0 Å². The normalized spacial score (nSPS) is 18.5. The third-order valence-electron chi connectivity index (χ3n) is 5.67. The van der Waals surface area contributed by atoms with Crippen LogP contribution in [0.25, 0.3) is 0 Å². The van der Waals surface area contributed by atoms with Gasteiger partial charge >= 0.3 is 6.09 Å². The molecule has 1 aliphatic rings. The summed E-state index contributed by atoms with van der Waals surface area (Å²) in [5, 5.41) is 5.34. The summed E-state index contributed by atoms with van der Waals surface area (Å²) >= 11 is 0. The summed E-state index contributed by atoms with van der Waals surface area (Å²) in [4.78, 5) is 50.7. The van der Waals surface area contributed by atoms with Crippen LogP contribution < -0.4 is 10.6 Å². The number of hydrogen-bond acceptors (Lipinski definition) is 5. The van der Waals surface area contributed by atoms with Gasteiger partial charge in [-0.3, -0.25) is 14.4 Å². The second kappa shape index (κ2) is 12.0. The van der Waals surface area contributed by atoms with E-state index in [4.69, 9.17) is 4.74 Å². The lowest BCUT2D eigenvalue weighted by Crippen LogP contribution is -2.46. The smallest absolute Gasteiger partial charge is 0.407 e. The fraction of sp³-hybridized carbons (Fsp3) is 0.615. The molecule has 0 aliphatic carbocycles. The van der Waals surface area contributed by atoms with Gasteiger partial charge in [-0.15, -0.1) is 0 Å². The molecule has 33 heavy (non-hydrogen) atoms. The maximum Gasteiger partial charge on any atom is 0.407 e. The van der Waals surface area contributed by atoms with E-state index < -0.39 is 29.7 Å². The van der Waals surface area contributed by atoms with Crippen LogP contribution in [0.2, 0.25) is 0 Å². The quantitative estimate of drug-likeness (QED) is 0.634. The summed E-state index contributed by atoms with van der Waals surface area (Å²) in [6.45, 7) is 10.1. The second-order valence-electron chi connectivity index (χ2n) is 10.5. The summed E-state index contributed by atoms with van der Waals surface area (Å²) in [7, 11) is 0. The van der Waals surface area contributed by atoms with Gasteiger partial charge in [-0.05, 0) is 48.1 Å². The molecule has 2 N–H and O–H groups in total. The molecule has 0 radical (unpaired) electrons. The van der Waals surface area contributed by atoms with Crippen LogP contribution in [0, 0.1) is 17.3 Å². The van der Waals surface area contributed by atoms with Gasteiger partial charge in [0.2, 0.25) is 5.78 Å². The van der Waals surface area contributed by atoms with E-state index in [1.54, 1.807) is 0 Å². The number of rotatable bonds is 6. The second-order valence-corrected chi connectivity index (χ2v) is 10.5. The zero-order valence-corrected chi connectivity index (χ0v) is 20.5. The number of alkyl carbamates (subject to hydrolysis) is 1. The van der Waals surface area contributed by atoms with Gasteiger partial charge < -0.3 is 15.4 Å². The highest BCUT2D eigenvalue weighted by molar-refractivity contribution is 6.37. The molecule has 0 spiro atoms. The number of ketones is 2. The predicted octanol–water partition coefficient (Wildman–Crippen LogP) is 3.62. The topological polar surface area (TPSA) is 102 Å². The highest BCUT2D eigenvalue weighted by Crippen LogP contribution is 2.20. The Bertz CT molecular complexity index is 856. The fourth-order valence-corrected chi connectivity index (χ4v) is 3.81. The van der Waals surface area contributed by atoms with Crippen LogP contribution in [0.4, 0.5) is 4.79 Å². The van der Waals surface area contributed by atoms with E-state index >= 15 is 0 Å². The summed E-state index contributed by atoms with van der Waals surface area (Å²) < 4.78 is 5.25. The highest BCUT2D eigenvalue weighted by atomic mass is 16.5. The largest absolute Gasteiger partial charge is 0.449 e. The van der Waals surface area contributed by atoms with Gasteiger partial charge in [-0.2, -0.15) is 0 Å². The Labute approximate surface area is 197 Å². The molecular weight excluding hydrogens is 420 g/mol. The van der Waals surface area contributed by atoms with Crippen molar-refractivity contribution in [1.82, 2.24) is 10.6 Å². The Morgan fingerprint density at radius 1 is 1.15 bits per heavy atom. The van der Waals surface area contributed by atoms with E-state index in [-0.39, 0.29) is 30.1 Å². The number of nitrogens with one attached hydrogen (secondary N) is 2. The predicted molar refractivity (Wildman–Crippen MR) is 127 cm³/mol. The van der Waals surface area contributed by atoms with E-state index in [1.807, 2.05) is 46.8 Å². The van der Waals surface area contributed by atoms with Crippen molar-refractivity contribution >= 4 is 23.6 Å². The average Bonchev–Trinajstić information content (AvgIpc) is 2.74. The number of fused-ring (bicyclic) bond motifs is 2. The lowest BCUT2D eigenvalue weighted by molar-refractivity contribution is -0.141. The van der Waals surface area contributed by atoms with Gasteiger partial charge in [-0.25, -0.2) is 4.79 Å². The minimum absolute atomic E-state index is 0.103. The molecule has 1 heterocycles. The number of carbonyl (C=O) groups excluding carboxylic acids is 4. The Morgan fingerprint density at radius 2 is 1.82 bits per heavy atom. The van der Waals surface area contributed by atoms with Gasteiger partial charge in [-0.1, -0.05) is 58.9 Å². The van der Waals surface area contributed by atoms with Crippen molar-refractivity contribution in [2.75, 3.05) is 13.2 Å². The molecule has 1 aromatic carbocycles. The number of amides is 2. The van der Waals surface area contributed by atoms with E-state index in [2.05, 4.69) is 22.8 Å². The molecule has 1 aliphatic heterocycles. The summed E-state index contributed by atoms with van der Waals surface area (Å²) in [6, 6.07) is 7.39. The molecule has 0 saturated carbocycles. The number of carbonyl (C=O) groups is 4. The van der Waals surface area contributed by atoms with Gasteiger partial charge in [0.1, 0.15) is 0 Å².